The molecule has 1 nitrogen and oxygen atoms in total. The highest BCUT2D eigenvalue weighted by Gasteiger charge is 1.97. The molecule has 0 saturated carbocycles. The predicted molar refractivity (Wildman–Crippen MR) is 58.7 cm³/mol. The molecule has 1 aromatic rings. The van der Waals surface area contributed by atoms with Crippen LogP contribution in [-0.4, -0.2) is 15.3 Å². The van der Waals surface area contributed by atoms with E-state index >= 15 is 0 Å². The van der Waals surface area contributed by atoms with Gasteiger partial charge in [0.05, 0.1) is 6.61 Å². The highest BCUT2D eigenvalue weighted by atomic mass is 127. The molecule has 0 heterocycles. The van der Waals surface area contributed by atoms with Crippen LogP contribution in [0.2, 0.25) is 0 Å². The zero-order chi connectivity index (χ0) is 8.27. The maximum Gasteiger partial charge on any atom is 0.0692 e. The molecule has 0 spiro atoms. The molecule has 3 heteroatoms. The van der Waals surface area contributed by atoms with Crippen molar-refractivity contribution in [1.29, 1.82) is 0 Å². The fourth-order valence-electron chi connectivity index (χ4n) is 0.939. The Morgan fingerprint density at radius 3 is 2.64 bits per heavy atom. The van der Waals surface area contributed by atoms with Crippen LogP contribution in [0, 0.1) is 3.57 Å². The van der Waals surface area contributed by atoms with Crippen molar-refractivity contribution in [2.24, 2.45) is 0 Å². The number of hydrogen-bond donors (Lipinski definition) is 1. The van der Waals surface area contributed by atoms with Gasteiger partial charge in [0.2, 0.25) is 0 Å². The van der Waals surface area contributed by atoms with Crippen molar-refractivity contribution in [3.63, 3.8) is 0 Å². The molecule has 1 aromatic carbocycles. The molecule has 0 bridgehead atoms. The van der Waals surface area contributed by atoms with Crippen LogP contribution >= 0.6 is 22.6 Å². The summed E-state index contributed by atoms with van der Waals surface area (Å²) in [7, 11) is 1.21. The number of rotatable bonds is 2. The number of aliphatic hydroxyl groups excluding tert-OH is 1. The Morgan fingerprint density at radius 1 is 1.45 bits per heavy atom. The maximum absolute atomic E-state index is 8.89. The standard InChI is InChI=1S/C8H11IOSi/c9-8-3-6(5-11)1-2-7(8)4-10/h1-3,10H,4-5H2,11H3. The van der Waals surface area contributed by atoms with Crippen LogP contribution < -0.4 is 0 Å². The van der Waals surface area contributed by atoms with Crippen LogP contribution in [0.5, 0.6) is 0 Å². The average molecular weight is 278 g/mol. The monoisotopic (exact) mass is 278 g/mol. The molecule has 0 aliphatic rings. The second-order valence-electron chi connectivity index (χ2n) is 2.44. The molecule has 0 aromatic heterocycles. The van der Waals surface area contributed by atoms with Crippen molar-refractivity contribution >= 4 is 32.8 Å². The quantitative estimate of drug-likeness (QED) is 0.622. The van der Waals surface area contributed by atoms with Gasteiger partial charge in [0.15, 0.2) is 0 Å². The first-order valence-corrected chi connectivity index (χ1v) is 6.15. The first-order valence-electron chi connectivity index (χ1n) is 3.66. The van der Waals surface area contributed by atoms with Gasteiger partial charge in [-0.1, -0.05) is 17.7 Å². The number of benzene rings is 1. The lowest BCUT2D eigenvalue weighted by molar-refractivity contribution is 0.281. The number of halogens is 1. The summed E-state index contributed by atoms with van der Waals surface area (Å²) < 4.78 is 1.18. The molecule has 11 heavy (non-hydrogen) atoms. The first kappa shape index (κ1) is 9.22. The average Bonchev–Trinajstić information content (AvgIpc) is 2.04. The van der Waals surface area contributed by atoms with Crippen molar-refractivity contribution in [3.8, 4) is 0 Å². The van der Waals surface area contributed by atoms with E-state index < -0.39 is 0 Å². The van der Waals surface area contributed by atoms with Crippen molar-refractivity contribution in [3.05, 3.63) is 32.9 Å². The summed E-state index contributed by atoms with van der Waals surface area (Å²) in [4.78, 5) is 0. The molecule has 0 atom stereocenters. The Labute approximate surface area is 83.4 Å². The molecule has 0 aliphatic heterocycles. The van der Waals surface area contributed by atoms with Crippen molar-refractivity contribution in [1.82, 2.24) is 0 Å². The molecular formula is C8H11IOSi. The van der Waals surface area contributed by atoms with Gasteiger partial charge in [0.25, 0.3) is 0 Å². The minimum Gasteiger partial charge on any atom is -0.392 e. The largest absolute Gasteiger partial charge is 0.392 e. The topological polar surface area (TPSA) is 20.2 Å². The summed E-state index contributed by atoms with van der Waals surface area (Å²) in [5.74, 6) is 0. The lowest BCUT2D eigenvalue weighted by Crippen LogP contribution is -1.91. The van der Waals surface area contributed by atoms with Crippen LogP contribution in [0.4, 0.5) is 0 Å². The molecule has 0 fully saturated rings. The third-order valence-corrected chi connectivity index (χ3v) is 3.52. The third kappa shape index (κ3) is 2.28. The van der Waals surface area contributed by atoms with Crippen molar-refractivity contribution in [2.75, 3.05) is 0 Å². The molecule has 0 radical (unpaired) electrons. The van der Waals surface area contributed by atoms with Crippen LogP contribution in [-0.2, 0) is 12.7 Å². The van der Waals surface area contributed by atoms with Gasteiger partial charge in [-0.2, -0.15) is 0 Å². The minimum atomic E-state index is 0.152. The highest BCUT2D eigenvalue weighted by molar-refractivity contribution is 14.1. The second-order valence-corrected chi connectivity index (χ2v) is 4.31. The first-order chi connectivity index (χ1) is 5.27. The highest BCUT2D eigenvalue weighted by Crippen LogP contribution is 2.14. The van der Waals surface area contributed by atoms with Crippen LogP contribution in [0.1, 0.15) is 11.1 Å². The number of aliphatic hydroxyl groups is 1. The van der Waals surface area contributed by atoms with E-state index in [0.29, 0.717) is 0 Å². The van der Waals surface area contributed by atoms with Gasteiger partial charge >= 0.3 is 0 Å². The van der Waals surface area contributed by atoms with Crippen LogP contribution in [0.25, 0.3) is 0 Å². The lowest BCUT2D eigenvalue weighted by Gasteiger charge is -2.02. The van der Waals surface area contributed by atoms with E-state index in [-0.39, 0.29) is 6.61 Å². The van der Waals surface area contributed by atoms with E-state index in [1.165, 1.54) is 25.4 Å². The molecule has 0 amide bonds. The molecule has 0 saturated heterocycles. The van der Waals surface area contributed by atoms with E-state index in [9.17, 15) is 0 Å². The maximum atomic E-state index is 8.89. The van der Waals surface area contributed by atoms with Gasteiger partial charge in [0.1, 0.15) is 0 Å². The van der Waals surface area contributed by atoms with Gasteiger partial charge in [-0.3, -0.25) is 0 Å². The summed E-state index contributed by atoms with van der Waals surface area (Å²) in [6, 6.07) is 7.45. The Bertz CT molecular complexity index is 250. The molecular weight excluding hydrogens is 267 g/mol. The van der Waals surface area contributed by atoms with Crippen molar-refractivity contribution < 1.29 is 5.11 Å². The Hall–Kier alpha value is 0.127. The Kier molecular flexibility index (Phi) is 3.54. The van der Waals surface area contributed by atoms with Gasteiger partial charge < -0.3 is 5.11 Å². The normalized spacial score (nSPS) is 10.4. The zero-order valence-electron chi connectivity index (χ0n) is 6.47. The van der Waals surface area contributed by atoms with Gasteiger partial charge in [0, 0.05) is 13.8 Å². The molecule has 0 aliphatic carbocycles. The summed E-state index contributed by atoms with van der Waals surface area (Å²) in [6.07, 6.45) is 0. The van der Waals surface area contributed by atoms with E-state index in [0.717, 1.165) is 5.56 Å². The zero-order valence-corrected chi connectivity index (χ0v) is 10.6. The summed E-state index contributed by atoms with van der Waals surface area (Å²) >= 11 is 2.26. The van der Waals surface area contributed by atoms with E-state index in [1.807, 2.05) is 6.07 Å². The van der Waals surface area contributed by atoms with Crippen molar-refractivity contribution in [2.45, 2.75) is 12.7 Å². The minimum absolute atomic E-state index is 0.152. The molecule has 1 rings (SSSR count). The molecule has 1 N–H and O–H groups in total. The lowest BCUT2D eigenvalue weighted by atomic mass is 10.2. The number of hydrogen-bond acceptors (Lipinski definition) is 1. The summed E-state index contributed by atoms with van der Waals surface area (Å²) in [6.45, 7) is 0.152. The fourth-order valence-corrected chi connectivity index (χ4v) is 2.13. The van der Waals surface area contributed by atoms with E-state index in [2.05, 4.69) is 34.7 Å². The smallest absolute Gasteiger partial charge is 0.0692 e. The molecule has 0 unspecified atom stereocenters. The SMILES string of the molecule is OCc1ccc(C[SiH3])cc1I. The van der Waals surface area contributed by atoms with Gasteiger partial charge in [-0.15, -0.1) is 0 Å². The van der Waals surface area contributed by atoms with Crippen LogP contribution in [0.3, 0.4) is 0 Å². The van der Waals surface area contributed by atoms with E-state index in [1.54, 1.807) is 0 Å². The molecule has 60 valence electrons. The third-order valence-electron chi connectivity index (χ3n) is 1.70. The fraction of sp³-hybridized carbons (Fsp3) is 0.250. The second kappa shape index (κ2) is 4.23. The van der Waals surface area contributed by atoms with Crippen LogP contribution in [0.15, 0.2) is 18.2 Å². The Morgan fingerprint density at radius 2 is 2.18 bits per heavy atom. The summed E-state index contributed by atoms with van der Waals surface area (Å²) in [5, 5.41) is 8.89. The van der Waals surface area contributed by atoms with E-state index in [4.69, 9.17) is 5.11 Å². The predicted octanol–water partition coefficient (Wildman–Crippen LogP) is 0.649. The van der Waals surface area contributed by atoms with Gasteiger partial charge in [-0.25, -0.2) is 0 Å². The Balaban J connectivity index is 2.99. The van der Waals surface area contributed by atoms with Gasteiger partial charge in [-0.05, 0) is 40.3 Å². The summed E-state index contributed by atoms with van der Waals surface area (Å²) in [5.41, 5.74) is 2.42.